The normalized spacial score (nSPS) is 10.4. The number of ether oxygens (including phenoxy) is 1. The van der Waals surface area contributed by atoms with E-state index in [0.29, 0.717) is 28.7 Å². The zero-order chi connectivity index (χ0) is 13.8. The van der Waals surface area contributed by atoms with Crippen LogP contribution < -0.4 is 0 Å². The minimum Gasteiger partial charge on any atom is -0.466 e. The fourth-order valence-corrected chi connectivity index (χ4v) is 2.03. The molecule has 6 heteroatoms. The highest BCUT2D eigenvalue weighted by Gasteiger charge is 2.15. The van der Waals surface area contributed by atoms with Gasteiger partial charge in [-0.1, -0.05) is 11.6 Å². The number of hydrogen-bond donors (Lipinski definition) is 0. The monoisotopic (exact) mass is 277 g/mol. The highest BCUT2D eigenvalue weighted by molar-refractivity contribution is 6.30. The van der Waals surface area contributed by atoms with Crippen LogP contribution in [-0.2, 0) is 22.4 Å². The molecule has 98 valence electrons. The summed E-state index contributed by atoms with van der Waals surface area (Å²) in [6, 6.07) is 5.54. The van der Waals surface area contributed by atoms with Crippen LogP contribution in [0.4, 0.5) is 0 Å². The van der Waals surface area contributed by atoms with Gasteiger partial charge in [0.25, 0.3) is 0 Å². The maximum atomic E-state index is 11.5. The highest BCUT2D eigenvalue weighted by atomic mass is 35.5. The Morgan fingerprint density at radius 3 is 3.05 bits per heavy atom. The molecule has 2 rings (SSSR count). The van der Waals surface area contributed by atoms with Gasteiger partial charge in [-0.25, -0.2) is 4.98 Å². The average Bonchev–Trinajstić information content (AvgIpc) is 2.68. The van der Waals surface area contributed by atoms with Gasteiger partial charge in [-0.15, -0.1) is 0 Å². The molecule has 2 aromatic heterocycles. The first-order valence-electron chi connectivity index (χ1n) is 5.83. The van der Waals surface area contributed by atoms with Crippen molar-refractivity contribution in [2.24, 2.45) is 0 Å². The molecule has 0 fully saturated rings. The van der Waals surface area contributed by atoms with E-state index < -0.39 is 0 Å². The molecule has 0 aliphatic heterocycles. The lowest BCUT2D eigenvalue weighted by molar-refractivity contribution is -0.142. The highest BCUT2D eigenvalue weighted by Crippen LogP contribution is 2.18. The number of aromatic nitrogens is 2. The van der Waals surface area contributed by atoms with Crippen molar-refractivity contribution in [3.8, 4) is 6.07 Å². The van der Waals surface area contributed by atoms with Crippen molar-refractivity contribution in [2.75, 3.05) is 6.61 Å². The number of carbonyl (C=O) groups excluding carboxylic acids is 1. The van der Waals surface area contributed by atoms with E-state index in [-0.39, 0.29) is 18.8 Å². The minimum absolute atomic E-state index is 0.0597. The Balaban J connectivity index is 2.45. The van der Waals surface area contributed by atoms with Crippen LogP contribution >= 0.6 is 11.6 Å². The second-order valence-electron chi connectivity index (χ2n) is 3.90. The summed E-state index contributed by atoms with van der Waals surface area (Å²) in [5.74, 6) is -0.351. The van der Waals surface area contributed by atoms with Crippen molar-refractivity contribution in [1.29, 1.82) is 5.26 Å². The van der Waals surface area contributed by atoms with Gasteiger partial charge in [0, 0.05) is 6.20 Å². The van der Waals surface area contributed by atoms with Crippen LogP contribution in [-0.4, -0.2) is 22.0 Å². The summed E-state index contributed by atoms with van der Waals surface area (Å²) in [6.45, 7) is 2.07. The predicted molar refractivity (Wildman–Crippen MR) is 69.9 cm³/mol. The van der Waals surface area contributed by atoms with E-state index in [4.69, 9.17) is 21.6 Å². The molecule has 19 heavy (non-hydrogen) atoms. The molecule has 0 N–H and O–H groups in total. The van der Waals surface area contributed by atoms with Crippen molar-refractivity contribution in [1.82, 2.24) is 9.38 Å². The van der Waals surface area contributed by atoms with E-state index in [0.717, 1.165) is 0 Å². The zero-order valence-corrected chi connectivity index (χ0v) is 11.1. The van der Waals surface area contributed by atoms with Crippen LogP contribution in [0.25, 0.3) is 5.65 Å². The SMILES string of the molecule is CCOC(=O)Cc1nc2ccc(Cl)cn2c1CC#N. The standard InChI is InChI=1S/C13H12ClN3O2/c1-2-19-13(18)7-10-11(5-6-15)17-8-9(14)3-4-12(17)16-10/h3-4,8H,2,5,7H2,1H3. The largest absolute Gasteiger partial charge is 0.466 e. The molecule has 0 bridgehead atoms. The van der Waals surface area contributed by atoms with Gasteiger partial charge in [-0.2, -0.15) is 5.26 Å². The maximum absolute atomic E-state index is 11.5. The van der Waals surface area contributed by atoms with Gasteiger partial charge in [-0.05, 0) is 19.1 Å². The summed E-state index contributed by atoms with van der Waals surface area (Å²) in [5, 5.41) is 9.44. The third-order valence-electron chi connectivity index (χ3n) is 2.63. The smallest absolute Gasteiger partial charge is 0.311 e. The quantitative estimate of drug-likeness (QED) is 0.803. The third-order valence-corrected chi connectivity index (χ3v) is 2.85. The fraction of sp³-hybridized carbons (Fsp3) is 0.308. The van der Waals surface area contributed by atoms with Crippen molar-refractivity contribution >= 4 is 23.2 Å². The second-order valence-corrected chi connectivity index (χ2v) is 4.33. The van der Waals surface area contributed by atoms with E-state index >= 15 is 0 Å². The Hall–Kier alpha value is -2.06. The molecule has 2 heterocycles. The van der Waals surface area contributed by atoms with E-state index in [1.165, 1.54) is 0 Å². The molecule has 0 atom stereocenters. The van der Waals surface area contributed by atoms with Crippen LogP contribution in [0.2, 0.25) is 5.02 Å². The van der Waals surface area contributed by atoms with Crippen LogP contribution in [0.5, 0.6) is 0 Å². The Morgan fingerprint density at radius 1 is 1.58 bits per heavy atom. The number of fused-ring (bicyclic) bond motifs is 1. The molecule has 0 unspecified atom stereocenters. The van der Waals surface area contributed by atoms with Crippen LogP contribution in [0.15, 0.2) is 18.3 Å². The summed E-state index contributed by atoms with van der Waals surface area (Å²) < 4.78 is 6.64. The van der Waals surface area contributed by atoms with Gasteiger partial charge in [0.15, 0.2) is 0 Å². The van der Waals surface area contributed by atoms with Crippen LogP contribution in [0, 0.1) is 11.3 Å². The Morgan fingerprint density at radius 2 is 2.37 bits per heavy atom. The third kappa shape index (κ3) is 2.85. The Labute approximate surface area is 115 Å². The summed E-state index contributed by atoms with van der Waals surface area (Å²) >= 11 is 5.93. The predicted octanol–water partition coefficient (Wildman–Crippen LogP) is 2.16. The number of nitrogens with zero attached hydrogens (tertiary/aromatic N) is 3. The number of imidazole rings is 1. The molecule has 0 aliphatic rings. The van der Waals surface area contributed by atoms with Gasteiger partial charge >= 0.3 is 5.97 Å². The molecule has 0 radical (unpaired) electrons. The van der Waals surface area contributed by atoms with Gasteiger partial charge in [0.05, 0.1) is 41.9 Å². The van der Waals surface area contributed by atoms with Gasteiger partial charge in [0.2, 0.25) is 0 Å². The number of rotatable bonds is 4. The molecule has 0 spiro atoms. The van der Waals surface area contributed by atoms with E-state index in [2.05, 4.69) is 11.1 Å². The van der Waals surface area contributed by atoms with E-state index in [1.807, 2.05) is 0 Å². The topological polar surface area (TPSA) is 67.4 Å². The van der Waals surface area contributed by atoms with E-state index in [9.17, 15) is 4.79 Å². The first-order chi connectivity index (χ1) is 9.15. The number of pyridine rings is 1. The van der Waals surface area contributed by atoms with E-state index in [1.54, 1.807) is 29.7 Å². The van der Waals surface area contributed by atoms with Crippen molar-refractivity contribution in [2.45, 2.75) is 19.8 Å². The number of esters is 1. The number of hydrogen-bond acceptors (Lipinski definition) is 4. The van der Waals surface area contributed by atoms with Crippen LogP contribution in [0.3, 0.4) is 0 Å². The molecular weight excluding hydrogens is 266 g/mol. The Bertz CT molecular complexity index is 658. The summed E-state index contributed by atoms with van der Waals surface area (Å²) in [4.78, 5) is 15.9. The molecule has 0 aromatic carbocycles. The lowest BCUT2D eigenvalue weighted by Crippen LogP contribution is -2.09. The fourth-order valence-electron chi connectivity index (χ4n) is 1.87. The average molecular weight is 278 g/mol. The lowest BCUT2D eigenvalue weighted by Gasteiger charge is -2.02. The minimum atomic E-state index is -0.351. The molecule has 2 aromatic rings. The molecule has 0 amide bonds. The summed E-state index contributed by atoms with van der Waals surface area (Å²) in [6.07, 6.45) is 1.91. The summed E-state index contributed by atoms with van der Waals surface area (Å²) in [5.41, 5.74) is 1.89. The second kappa shape index (κ2) is 5.72. The first kappa shape index (κ1) is 13.4. The number of carbonyl (C=O) groups is 1. The maximum Gasteiger partial charge on any atom is 0.311 e. The molecule has 0 saturated carbocycles. The van der Waals surface area contributed by atoms with Crippen molar-refractivity contribution in [3.63, 3.8) is 0 Å². The first-order valence-corrected chi connectivity index (χ1v) is 6.21. The van der Waals surface area contributed by atoms with Crippen LogP contribution in [0.1, 0.15) is 18.3 Å². The van der Waals surface area contributed by atoms with Gasteiger partial charge in [-0.3, -0.25) is 4.79 Å². The Kier molecular flexibility index (Phi) is 4.03. The van der Waals surface area contributed by atoms with Gasteiger partial charge in [0.1, 0.15) is 5.65 Å². The number of halogens is 1. The molecular formula is C13H12ClN3O2. The van der Waals surface area contributed by atoms with Crippen molar-refractivity contribution < 1.29 is 9.53 Å². The van der Waals surface area contributed by atoms with Gasteiger partial charge < -0.3 is 9.14 Å². The number of nitriles is 1. The lowest BCUT2D eigenvalue weighted by atomic mass is 10.2. The van der Waals surface area contributed by atoms with Crippen molar-refractivity contribution in [3.05, 3.63) is 34.7 Å². The molecule has 0 aliphatic carbocycles. The zero-order valence-electron chi connectivity index (χ0n) is 10.4. The summed E-state index contributed by atoms with van der Waals surface area (Å²) in [7, 11) is 0. The molecule has 5 nitrogen and oxygen atoms in total. The molecule has 0 saturated heterocycles.